The van der Waals surface area contributed by atoms with Gasteiger partial charge in [0.25, 0.3) is 0 Å². The fraction of sp³-hybridized carbons (Fsp3) is 0.903. The molecule has 0 aromatic carbocycles. The van der Waals surface area contributed by atoms with Crippen molar-refractivity contribution >= 4 is 5.97 Å². The number of carboxylic acids is 1. The third-order valence-corrected chi connectivity index (χ3v) is 13.6. The van der Waals surface area contributed by atoms with Gasteiger partial charge in [-0.15, -0.1) is 0 Å². The number of allylic oxidation sites excluding steroid dienone is 1. The summed E-state index contributed by atoms with van der Waals surface area (Å²) >= 11 is 0. The van der Waals surface area contributed by atoms with E-state index >= 15 is 0 Å². The molecule has 0 aromatic heterocycles. The van der Waals surface area contributed by atoms with Crippen LogP contribution in [-0.4, -0.2) is 57.9 Å². The van der Waals surface area contributed by atoms with E-state index < -0.39 is 40.5 Å². The average Bonchev–Trinajstić information content (AvgIpc) is 2.82. The summed E-state index contributed by atoms with van der Waals surface area (Å²) in [5.41, 5.74) is -1.46. The molecule has 0 bridgehead atoms. The zero-order valence-corrected chi connectivity index (χ0v) is 24.1. The number of carbonyl (C=O) groups is 1. The van der Waals surface area contributed by atoms with Gasteiger partial charge in [-0.05, 0) is 78.4 Å². The Morgan fingerprint density at radius 3 is 2.27 bits per heavy atom. The normalized spacial score (nSPS) is 56.7. The number of ether oxygens (including phenoxy) is 1. The Balaban J connectivity index is 1.73. The number of hydrogen-bond donors (Lipinski definition) is 4. The first-order valence-corrected chi connectivity index (χ1v) is 14.6. The van der Waals surface area contributed by atoms with Gasteiger partial charge in [-0.2, -0.15) is 0 Å². The summed E-state index contributed by atoms with van der Waals surface area (Å²) in [4.78, 5) is 12.9. The van der Waals surface area contributed by atoms with Crippen LogP contribution in [0.1, 0.15) is 87.0 Å². The summed E-state index contributed by atoms with van der Waals surface area (Å²) < 4.78 is 6.27. The summed E-state index contributed by atoms with van der Waals surface area (Å²) in [6.45, 7) is 15.3. The van der Waals surface area contributed by atoms with Gasteiger partial charge in [0, 0.05) is 18.4 Å². The topological polar surface area (TPSA) is 107 Å². The molecule has 6 nitrogen and oxygen atoms in total. The van der Waals surface area contributed by atoms with Crippen LogP contribution < -0.4 is 0 Å². The van der Waals surface area contributed by atoms with Crippen molar-refractivity contribution in [3.63, 3.8) is 0 Å². The lowest BCUT2D eigenvalue weighted by molar-refractivity contribution is -0.280. The first-order valence-electron chi connectivity index (χ1n) is 14.6. The Morgan fingerprint density at radius 1 is 1.03 bits per heavy atom. The van der Waals surface area contributed by atoms with Crippen LogP contribution in [-0.2, 0) is 9.53 Å². The second kappa shape index (κ2) is 8.28. The third-order valence-electron chi connectivity index (χ3n) is 13.6. The predicted octanol–water partition coefficient (Wildman–Crippen LogP) is 4.66. The number of hydrogen-bond acceptors (Lipinski definition) is 5. The van der Waals surface area contributed by atoms with Crippen molar-refractivity contribution in [1.29, 1.82) is 0 Å². The third kappa shape index (κ3) is 3.16. The van der Waals surface area contributed by atoms with Crippen LogP contribution in [0.5, 0.6) is 0 Å². The Bertz CT molecular complexity index is 990. The summed E-state index contributed by atoms with van der Waals surface area (Å²) in [6, 6.07) is 0. The highest BCUT2D eigenvalue weighted by Gasteiger charge is 2.74. The van der Waals surface area contributed by atoms with Gasteiger partial charge in [0.05, 0.1) is 29.8 Å². The molecule has 5 aliphatic rings. The minimum Gasteiger partial charge on any atom is -0.481 e. The second-order valence-electron chi connectivity index (χ2n) is 15.1. The second-order valence-corrected chi connectivity index (χ2v) is 15.1. The van der Waals surface area contributed by atoms with Crippen molar-refractivity contribution in [2.24, 2.45) is 56.7 Å². The lowest BCUT2D eigenvalue weighted by Gasteiger charge is -2.73. The molecule has 0 radical (unpaired) electrons. The van der Waals surface area contributed by atoms with E-state index in [-0.39, 0.29) is 40.6 Å². The van der Waals surface area contributed by atoms with E-state index in [9.17, 15) is 25.2 Å². The monoisotopic (exact) mass is 518 g/mol. The van der Waals surface area contributed by atoms with Crippen molar-refractivity contribution in [2.75, 3.05) is 7.11 Å². The van der Waals surface area contributed by atoms with E-state index in [4.69, 9.17) is 4.74 Å². The summed E-state index contributed by atoms with van der Waals surface area (Å²) in [5.74, 6) is -0.177. The van der Waals surface area contributed by atoms with Crippen molar-refractivity contribution in [1.82, 2.24) is 0 Å². The molecule has 0 heterocycles. The number of aliphatic hydroxyl groups excluding tert-OH is 3. The van der Waals surface area contributed by atoms with Crippen LogP contribution in [0.25, 0.3) is 0 Å². The van der Waals surface area contributed by atoms with Crippen molar-refractivity contribution in [2.45, 2.75) is 111 Å². The van der Waals surface area contributed by atoms with Crippen LogP contribution in [0.2, 0.25) is 0 Å². The molecule has 0 aromatic rings. The maximum atomic E-state index is 12.9. The molecular formula is C31H50O6. The number of fused-ring (bicyclic) bond motifs is 7. The number of aliphatic carboxylic acids is 1. The van der Waals surface area contributed by atoms with Gasteiger partial charge >= 0.3 is 5.97 Å². The SMILES string of the molecule is CO[C@@H]1C=C2[C@@H]3[C@@H](C)[C@H](C)CC[C@]3(C(=O)O)CC[C@@]2(C)[C@@]2(C)C1[C@@]1(C)C[C@@H](O)[C@H](O)C(C)(C)[C@@H]1C[C@@H]2O. The molecule has 6 heteroatoms. The van der Waals surface area contributed by atoms with Gasteiger partial charge in [-0.1, -0.05) is 60.1 Å². The highest BCUT2D eigenvalue weighted by atomic mass is 16.5. The molecule has 37 heavy (non-hydrogen) atoms. The molecule has 4 saturated carbocycles. The molecule has 5 rings (SSSR count). The van der Waals surface area contributed by atoms with Gasteiger partial charge in [0.2, 0.25) is 0 Å². The zero-order valence-electron chi connectivity index (χ0n) is 24.1. The lowest BCUT2D eigenvalue weighted by Crippen LogP contribution is -2.73. The van der Waals surface area contributed by atoms with Gasteiger partial charge in [0.1, 0.15) is 0 Å². The van der Waals surface area contributed by atoms with E-state index in [1.165, 1.54) is 5.57 Å². The van der Waals surface area contributed by atoms with E-state index in [2.05, 4.69) is 40.7 Å². The highest BCUT2D eigenvalue weighted by Crippen LogP contribution is 2.76. The number of rotatable bonds is 2. The molecule has 1 unspecified atom stereocenters. The molecule has 0 aliphatic heterocycles. The molecule has 210 valence electrons. The molecular weight excluding hydrogens is 468 g/mol. The molecule has 4 fully saturated rings. The molecule has 5 aliphatic carbocycles. The highest BCUT2D eigenvalue weighted by molar-refractivity contribution is 5.76. The van der Waals surface area contributed by atoms with Gasteiger partial charge < -0.3 is 25.2 Å². The lowest BCUT2D eigenvalue weighted by atomic mass is 9.32. The van der Waals surface area contributed by atoms with Crippen LogP contribution in [0.3, 0.4) is 0 Å². The Labute approximate surface area is 222 Å². The maximum absolute atomic E-state index is 12.9. The van der Waals surface area contributed by atoms with E-state index in [1.54, 1.807) is 7.11 Å². The van der Waals surface area contributed by atoms with E-state index in [1.807, 2.05) is 13.8 Å². The Hall–Kier alpha value is -0.950. The zero-order chi connectivity index (χ0) is 27.5. The van der Waals surface area contributed by atoms with Crippen molar-refractivity contribution in [3.05, 3.63) is 11.6 Å². The first kappa shape index (κ1) is 27.6. The van der Waals surface area contributed by atoms with Crippen LogP contribution in [0, 0.1) is 56.7 Å². The van der Waals surface area contributed by atoms with Gasteiger partial charge in [-0.25, -0.2) is 0 Å². The van der Waals surface area contributed by atoms with E-state index in [0.29, 0.717) is 31.6 Å². The van der Waals surface area contributed by atoms with E-state index in [0.717, 1.165) is 12.8 Å². The number of carboxylic acid groups (broad SMARTS) is 1. The average molecular weight is 519 g/mol. The van der Waals surface area contributed by atoms with Gasteiger partial charge in [0.15, 0.2) is 0 Å². The fourth-order valence-corrected chi connectivity index (χ4v) is 11.2. The smallest absolute Gasteiger partial charge is 0.310 e. The number of methoxy groups -OCH3 is 1. The molecule has 0 saturated heterocycles. The maximum Gasteiger partial charge on any atom is 0.310 e. The fourth-order valence-electron chi connectivity index (χ4n) is 11.2. The van der Waals surface area contributed by atoms with Crippen LogP contribution in [0.4, 0.5) is 0 Å². The van der Waals surface area contributed by atoms with Crippen molar-refractivity contribution < 1.29 is 30.0 Å². The van der Waals surface area contributed by atoms with Crippen LogP contribution >= 0.6 is 0 Å². The minimum absolute atomic E-state index is 0.0120. The molecule has 13 atom stereocenters. The Morgan fingerprint density at radius 2 is 1.68 bits per heavy atom. The van der Waals surface area contributed by atoms with Crippen LogP contribution in [0.15, 0.2) is 11.6 Å². The minimum atomic E-state index is -0.844. The summed E-state index contributed by atoms with van der Waals surface area (Å²) in [5, 5.41) is 44.9. The molecule has 0 amide bonds. The quantitative estimate of drug-likeness (QED) is 0.396. The largest absolute Gasteiger partial charge is 0.481 e. The first-order chi connectivity index (χ1) is 17.0. The summed E-state index contributed by atoms with van der Waals surface area (Å²) in [7, 11) is 1.73. The molecule has 4 N–H and O–H groups in total. The molecule has 0 spiro atoms. The Kier molecular flexibility index (Phi) is 6.18. The number of aliphatic hydroxyl groups is 3. The standard InChI is InChI=1S/C31H50O6/c1-16-9-10-31(26(35)36)12-11-29(6)18(23(31)17(16)2)13-20(37-8)24-28(5)15-19(32)25(34)27(3,4)21(28)14-22(33)30(24,29)7/h13,16-17,19-25,32-34H,9-12,14-15H2,1-8H3,(H,35,36)/t16-,17+,19-,20-,21+,22+,23+,24?,25+,28+,29-,30-,31+/m1/s1. The van der Waals surface area contributed by atoms with Crippen molar-refractivity contribution in [3.8, 4) is 0 Å². The summed E-state index contributed by atoms with van der Waals surface area (Å²) in [6.07, 6.45) is 3.64. The predicted molar refractivity (Wildman–Crippen MR) is 142 cm³/mol. The van der Waals surface area contributed by atoms with Gasteiger partial charge in [-0.3, -0.25) is 4.79 Å².